The first-order valence-corrected chi connectivity index (χ1v) is 8.00. The van der Waals surface area contributed by atoms with Crippen LogP contribution in [0.15, 0.2) is 49.9 Å². The van der Waals surface area contributed by atoms with Gasteiger partial charge in [-0.2, -0.15) is 0 Å². The van der Waals surface area contributed by atoms with Crippen molar-refractivity contribution in [3.63, 3.8) is 0 Å². The SMILES string of the molecule is C=COCCC[Si](OC(=C)C)(OC(=C)C)OC(=C)C. The molecule has 0 aromatic carbocycles. The van der Waals surface area contributed by atoms with Gasteiger partial charge in [0.1, 0.15) is 0 Å². The number of ether oxygens (including phenoxy) is 1. The number of allylic oxidation sites excluding steroid dienone is 3. The molecule has 0 bridgehead atoms. The topological polar surface area (TPSA) is 36.9 Å². The summed E-state index contributed by atoms with van der Waals surface area (Å²) >= 11 is 0. The lowest BCUT2D eigenvalue weighted by molar-refractivity contribution is 0.139. The van der Waals surface area contributed by atoms with E-state index in [2.05, 4.69) is 26.3 Å². The molecule has 0 unspecified atom stereocenters. The maximum Gasteiger partial charge on any atom is 0.698 e. The first-order chi connectivity index (χ1) is 8.81. The van der Waals surface area contributed by atoms with Crippen molar-refractivity contribution in [1.29, 1.82) is 0 Å². The van der Waals surface area contributed by atoms with Crippen LogP contribution >= 0.6 is 0 Å². The first-order valence-electron chi connectivity index (χ1n) is 6.07. The van der Waals surface area contributed by atoms with Gasteiger partial charge in [0.05, 0.1) is 36.2 Å². The maximum atomic E-state index is 5.74. The molecule has 4 nitrogen and oxygen atoms in total. The molecule has 108 valence electrons. The lowest BCUT2D eigenvalue weighted by Crippen LogP contribution is -2.44. The van der Waals surface area contributed by atoms with Crippen molar-refractivity contribution >= 4 is 8.80 Å². The lowest BCUT2D eigenvalue weighted by atomic mass is 10.5. The Bertz CT molecular complexity index is 309. The van der Waals surface area contributed by atoms with Gasteiger partial charge >= 0.3 is 8.80 Å². The second-order valence-corrected chi connectivity index (χ2v) is 6.71. The molecular formula is C14H24O4Si. The number of hydrogen-bond acceptors (Lipinski definition) is 4. The molecule has 0 N–H and O–H groups in total. The summed E-state index contributed by atoms with van der Waals surface area (Å²) in [4.78, 5) is 0. The molecule has 0 heterocycles. The van der Waals surface area contributed by atoms with E-state index in [1.807, 2.05) is 0 Å². The Morgan fingerprint density at radius 3 is 1.68 bits per heavy atom. The zero-order valence-electron chi connectivity index (χ0n) is 12.2. The number of hydrogen-bond donors (Lipinski definition) is 0. The molecule has 0 amide bonds. The van der Waals surface area contributed by atoms with Gasteiger partial charge in [0, 0.05) is 0 Å². The summed E-state index contributed by atoms with van der Waals surface area (Å²) in [6.45, 7) is 20.5. The summed E-state index contributed by atoms with van der Waals surface area (Å²) in [5, 5.41) is 0. The van der Waals surface area contributed by atoms with Crippen molar-refractivity contribution in [3.8, 4) is 0 Å². The highest BCUT2D eigenvalue weighted by Crippen LogP contribution is 2.25. The second kappa shape index (κ2) is 8.47. The fraction of sp³-hybridized carbons (Fsp3) is 0.429. The standard InChI is InChI=1S/C14H24O4Si/c1-8-15-10-9-11-19(16-12(2)3,17-13(4)5)18-14(6)7/h8H,1-2,4,6,9-11H2,3,5,7H3. The highest BCUT2D eigenvalue weighted by atomic mass is 28.4. The molecule has 0 fully saturated rings. The molecule has 0 saturated carbocycles. The van der Waals surface area contributed by atoms with Crippen LogP contribution in [0.1, 0.15) is 27.2 Å². The molecule has 19 heavy (non-hydrogen) atoms. The summed E-state index contributed by atoms with van der Waals surface area (Å²) < 4.78 is 22.3. The second-order valence-electron chi connectivity index (χ2n) is 4.24. The molecular weight excluding hydrogens is 260 g/mol. The molecule has 0 aliphatic carbocycles. The molecule has 0 aliphatic heterocycles. The molecule has 0 aliphatic rings. The predicted octanol–water partition coefficient (Wildman–Crippen LogP) is 4.13. The van der Waals surface area contributed by atoms with Gasteiger partial charge in [-0.05, 0) is 27.2 Å². The highest BCUT2D eigenvalue weighted by Gasteiger charge is 2.48. The van der Waals surface area contributed by atoms with Crippen LogP contribution in [-0.4, -0.2) is 15.4 Å². The monoisotopic (exact) mass is 284 g/mol. The van der Waals surface area contributed by atoms with E-state index in [0.717, 1.165) is 0 Å². The van der Waals surface area contributed by atoms with Crippen molar-refractivity contribution in [3.05, 3.63) is 49.9 Å². The highest BCUT2D eigenvalue weighted by molar-refractivity contribution is 6.61. The Hall–Kier alpha value is -1.62. The zero-order valence-corrected chi connectivity index (χ0v) is 13.2. The third kappa shape index (κ3) is 8.15. The quantitative estimate of drug-likeness (QED) is 0.325. The minimum absolute atomic E-state index is 0.525. The van der Waals surface area contributed by atoms with Crippen LogP contribution < -0.4 is 0 Å². The van der Waals surface area contributed by atoms with E-state index >= 15 is 0 Å². The van der Waals surface area contributed by atoms with E-state index in [4.69, 9.17) is 18.0 Å². The van der Waals surface area contributed by atoms with Crippen LogP contribution in [0.4, 0.5) is 0 Å². The van der Waals surface area contributed by atoms with Crippen molar-refractivity contribution in [2.45, 2.75) is 33.2 Å². The zero-order chi connectivity index (χ0) is 14.9. The average molecular weight is 284 g/mol. The van der Waals surface area contributed by atoms with Crippen LogP contribution in [0.5, 0.6) is 0 Å². The molecule has 0 radical (unpaired) electrons. The van der Waals surface area contributed by atoms with Crippen LogP contribution in [0, 0.1) is 0 Å². The van der Waals surface area contributed by atoms with Crippen molar-refractivity contribution < 1.29 is 18.0 Å². The van der Waals surface area contributed by atoms with Gasteiger partial charge in [0.15, 0.2) is 0 Å². The Morgan fingerprint density at radius 2 is 1.37 bits per heavy atom. The van der Waals surface area contributed by atoms with Gasteiger partial charge in [-0.1, -0.05) is 26.3 Å². The van der Waals surface area contributed by atoms with Gasteiger partial charge in [0.25, 0.3) is 0 Å². The van der Waals surface area contributed by atoms with Crippen LogP contribution in [0.25, 0.3) is 0 Å². The van der Waals surface area contributed by atoms with Gasteiger partial charge in [0.2, 0.25) is 0 Å². The third-order valence-corrected chi connectivity index (χ3v) is 4.80. The van der Waals surface area contributed by atoms with Gasteiger partial charge < -0.3 is 18.0 Å². The van der Waals surface area contributed by atoms with Gasteiger partial charge in [-0.15, -0.1) is 0 Å². The van der Waals surface area contributed by atoms with E-state index in [1.165, 1.54) is 6.26 Å². The number of rotatable bonds is 11. The molecule has 0 saturated heterocycles. The van der Waals surface area contributed by atoms with E-state index in [1.54, 1.807) is 20.8 Å². The molecule has 0 aromatic rings. The molecule has 0 spiro atoms. The minimum Gasteiger partial charge on any atom is -0.502 e. The van der Waals surface area contributed by atoms with Crippen molar-refractivity contribution in [2.24, 2.45) is 0 Å². The summed E-state index contributed by atoms with van der Waals surface area (Å²) in [5.74, 6) is 1.62. The van der Waals surface area contributed by atoms with E-state index < -0.39 is 8.80 Å². The molecule has 5 heteroatoms. The summed E-state index contributed by atoms with van der Waals surface area (Å²) in [7, 11) is -2.95. The normalized spacial score (nSPS) is 10.3. The van der Waals surface area contributed by atoms with Gasteiger partial charge in [-0.3, -0.25) is 0 Å². The Kier molecular flexibility index (Phi) is 7.75. The van der Waals surface area contributed by atoms with Crippen molar-refractivity contribution in [2.75, 3.05) is 6.61 Å². The third-order valence-electron chi connectivity index (χ3n) is 1.85. The van der Waals surface area contributed by atoms with E-state index in [9.17, 15) is 0 Å². The average Bonchev–Trinajstić information content (AvgIpc) is 2.21. The van der Waals surface area contributed by atoms with E-state index in [-0.39, 0.29) is 0 Å². The Balaban J connectivity index is 4.87. The van der Waals surface area contributed by atoms with Crippen LogP contribution in [0.3, 0.4) is 0 Å². The fourth-order valence-corrected chi connectivity index (χ4v) is 4.07. The summed E-state index contributed by atoms with van der Waals surface area (Å²) in [6.07, 6.45) is 2.12. The first kappa shape index (κ1) is 17.4. The van der Waals surface area contributed by atoms with Crippen LogP contribution in [0.2, 0.25) is 6.04 Å². The van der Waals surface area contributed by atoms with Gasteiger partial charge in [-0.25, -0.2) is 0 Å². The molecule has 0 atom stereocenters. The predicted molar refractivity (Wildman–Crippen MR) is 79.0 cm³/mol. The van der Waals surface area contributed by atoms with Crippen LogP contribution in [-0.2, 0) is 18.0 Å². The molecule has 0 rings (SSSR count). The Morgan fingerprint density at radius 1 is 0.947 bits per heavy atom. The smallest absolute Gasteiger partial charge is 0.502 e. The summed E-state index contributed by atoms with van der Waals surface area (Å²) in [5.41, 5.74) is 0. The van der Waals surface area contributed by atoms with Crippen molar-refractivity contribution in [1.82, 2.24) is 0 Å². The fourth-order valence-electron chi connectivity index (χ4n) is 1.47. The summed E-state index contributed by atoms with van der Waals surface area (Å²) in [6, 6.07) is 0.577. The Labute approximate surface area is 117 Å². The largest absolute Gasteiger partial charge is 0.698 e. The molecule has 0 aromatic heterocycles. The van der Waals surface area contributed by atoms with E-state index in [0.29, 0.717) is 36.3 Å². The minimum atomic E-state index is -2.95. The maximum absolute atomic E-state index is 5.74. The lowest BCUT2D eigenvalue weighted by Gasteiger charge is -2.30.